The molecule has 9 heteroatoms. The summed E-state index contributed by atoms with van der Waals surface area (Å²) in [6.45, 7) is 9.98. The summed E-state index contributed by atoms with van der Waals surface area (Å²) in [4.78, 5) is 0. The fourth-order valence-corrected chi connectivity index (χ4v) is 6.48. The molecule has 35 heavy (non-hydrogen) atoms. The van der Waals surface area contributed by atoms with E-state index in [1.165, 1.54) is 11.6 Å². The second kappa shape index (κ2) is 12.0. The lowest BCUT2D eigenvalue weighted by Gasteiger charge is -2.35. The molecule has 0 spiro atoms. The van der Waals surface area contributed by atoms with Crippen molar-refractivity contribution in [1.82, 2.24) is 10.6 Å². The Morgan fingerprint density at radius 2 is 1.83 bits per heavy atom. The Bertz CT molecular complexity index is 1110. The van der Waals surface area contributed by atoms with Gasteiger partial charge in [0.2, 0.25) is 0 Å². The van der Waals surface area contributed by atoms with Crippen molar-refractivity contribution in [2.45, 2.75) is 64.8 Å². The molecule has 1 saturated heterocycles. The average molecular weight is 528 g/mol. The average Bonchev–Trinajstić information content (AvgIpc) is 2.75. The molecule has 0 saturated carbocycles. The quantitative estimate of drug-likeness (QED) is 0.392. The number of hydrogen-bond donors (Lipinski definition) is 4. The molecule has 5 N–H and O–H groups in total. The Labute approximate surface area is 215 Å². The van der Waals surface area contributed by atoms with Crippen LogP contribution in [-0.2, 0) is 34.8 Å². The number of aliphatic hydroxyl groups is 1. The molecule has 1 aliphatic heterocycles. The van der Waals surface area contributed by atoms with Crippen molar-refractivity contribution >= 4 is 27.9 Å². The molecule has 1 aliphatic rings. The number of rotatable bonds is 8. The minimum absolute atomic E-state index is 0. The predicted molar refractivity (Wildman–Crippen MR) is 143 cm³/mol. The molecule has 2 aromatic carbocycles. The van der Waals surface area contributed by atoms with Crippen LogP contribution in [0.25, 0.3) is 0 Å². The van der Waals surface area contributed by atoms with E-state index in [2.05, 4.69) is 43.5 Å². The molecular formula is C26H39ClFN3O3S. The van der Waals surface area contributed by atoms with Crippen molar-refractivity contribution in [3.05, 3.63) is 64.5 Å². The largest absolute Gasteiger partial charge is 0.396 e. The number of benzene rings is 2. The minimum atomic E-state index is -3.37. The highest BCUT2D eigenvalue weighted by Crippen LogP contribution is 2.27. The zero-order valence-corrected chi connectivity index (χ0v) is 22.6. The lowest BCUT2D eigenvalue weighted by molar-refractivity contribution is 0.0780. The summed E-state index contributed by atoms with van der Waals surface area (Å²) in [5, 5.41) is 17.5. The van der Waals surface area contributed by atoms with E-state index in [1.807, 2.05) is 19.1 Å². The fourth-order valence-electron chi connectivity index (χ4n) is 4.51. The molecule has 3 atom stereocenters. The number of hydrogen-bond acceptors (Lipinski definition) is 6. The second-order valence-electron chi connectivity index (χ2n) is 10.4. The summed E-state index contributed by atoms with van der Waals surface area (Å²) in [5.41, 5.74) is 9.49. The first-order valence-corrected chi connectivity index (χ1v) is 13.7. The standard InChI is InChI=1S/C26H38FN3O3S.ClH/c1-5-29-14-19-9-18(12-22(27)24(19)28)10-20-15-34(32,33)16-23(25(20)31)30-13-17-7-6-8-21(11-17)26(2,3)4;/h6-9,11-12,20,23,25,29-31H,5,10,13-16,28H2,1-4H3;1H/t20-,23+,25+;/m1./s1. The third-order valence-electron chi connectivity index (χ3n) is 6.50. The normalized spacial score (nSPS) is 21.9. The number of nitrogens with two attached hydrogens (primary N) is 1. The van der Waals surface area contributed by atoms with Crippen LogP contribution in [0, 0.1) is 11.7 Å². The Kier molecular flexibility index (Phi) is 10.1. The van der Waals surface area contributed by atoms with Gasteiger partial charge >= 0.3 is 0 Å². The summed E-state index contributed by atoms with van der Waals surface area (Å²) < 4.78 is 39.8. The van der Waals surface area contributed by atoms with Crippen LogP contribution in [0.15, 0.2) is 36.4 Å². The number of halogens is 2. The first-order chi connectivity index (χ1) is 15.9. The van der Waals surface area contributed by atoms with E-state index in [9.17, 15) is 17.9 Å². The van der Waals surface area contributed by atoms with Gasteiger partial charge in [-0.1, -0.05) is 58.0 Å². The molecule has 0 aliphatic carbocycles. The van der Waals surface area contributed by atoms with Gasteiger partial charge in [-0.3, -0.25) is 0 Å². The summed E-state index contributed by atoms with van der Waals surface area (Å²) in [7, 11) is -3.37. The first kappa shape index (κ1) is 29.5. The Hall–Kier alpha value is -1.71. The van der Waals surface area contributed by atoms with Crippen molar-refractivity contribution in [3.8, 4) is 0 Å². The number of aliphatic hydroxyl groups excluding tert-OH is 1. The zero-order chi connectivity index (χ0) is 25.1. The lowest BCUT2D eigenvalue weighted by Crippen LogP contribution is -2.54. The van der Waals surface area contributed by atoms with Crippen LogP contribution in [0.3, 0.4) is 0 Å². The van der Waals surface area contributed by atoms with E-state index in [1.54, 1.807) is 6.07 Å². The van der Waals surface area contributed by atoms with Gasteiger partial charge in [0.05, 0.1) is 23.3 Å². The van der Waals surface area contributed by atoms with Crippen LogP contribution in [0.5, 0.6) is 0 Å². The molecule has 3 rings (SSSR count). The van der Waals surface area contributed by atoms with Crippen LogP contribution >= 0.6 is 12.4 Å². The van der Waals surface area contributed by atoms with Crippen LogP contribution in [0.4, 0.5) is 10.1 Å². The molecule has 196 valence electrons. The number of nitrogens with one attached hydrogen (secondary N) is 2. The second-order valence-corrected chi connectivity index (χ2v) is 12.6. The van der Waals surface area contributed by atoms with E-state index in [0.29, 0.717) is 24.2 Å². The predicted octanol–water partition coefficient (Wildman–Crippen LogP) is 3.34. The molecule has 0 bridgehead atoms. The lowest BCUT2D eigenvalue weighted by atomic mass is 9.86. The molecule has 1 heterocycles. The van der Waals surface area contributed by atoms with E-state index in [0.717, 1.165) is 12.1 Å². The maximum Gasteiger partial charge on any atom is 0.152 e. The van der Waals surface area contributed by atoms with Gasteiger partial charge in [-0.05, 0) is 46.7 Å². The maximum absolute atomic E-state index is 14.4. The first-order valence-electron chi connectivity index (χ1n) is 11.9. The number of nitrogen functional groups attached to an aromatic ring is 1. The molecule has 6 nitrogen and oxygen atoms in total. The van der Waals surface area contributed by atoms with Gasteiger partial charge in [0.1, 0.15) is 5.82 Å². The monoisotopic (exact) mass is 527 g/mol. The Morgan fingerprint density at radius 3 is 2.49 bits per heavy atom. The topological polar surface area (TPSA) is 104 Å². The smallest absolute Gasteiger partial charge is 0.152 e. The maximum atomic E-state index is 14.4. The minimum Gasteiger partial charge on any atom is -0.396 e. The SMILES string of the molecule is CCNCc1cc(C[C@@H]2CS(=O)(=O)C[C@H](NCc3cccc(C(C)(C)C)c3)[C@H]2O)cc(F)c1N.Cl. The van der Waals surface area contributed by atoms with E-state index in [4.69, 9.17) is 5.73 Å². The zero-order valence-electron chi connectivity index (χ0n) is 21.0. The third kappa shape index (κ3) is 7.89. The molecule has 0 radical (unpaired) electrons. The van der Waals surface area contributed by atoms with Crippen molar-refractivity contribution < 1.29 is 17.9 Å². The molecular weight excluding hydrogens is 489 g/mol. The van der Waals surface area contributed by atoms with Gasteiger partial charge in [0.25, 0.3) is 0 Å². The van der Waals surface area contributed by atoms with E-state index >= 15 is 0 Å². The van der Waals surface area contributed by atoms with E-state index in [-0.39, 0.29) is 41.4 Å². The van der Waals surface area contributed by atoms with Gasteiger partial charge in [-0.15, -0.1) is 12.4 Å². The van der Waals surface area contributed by atoms with Gasteiger partial charge < -0.3 is 21.5 Å². The third-order valence-corrected chi connectivity index (χ3v) is 8.30. The molecule has 0 aromatic heterocycles. The van der Waals surface area contributed by atoms with Gasteiger partial charge in [0, 0.05) is 25.0 Å². The molecule has 0 amide bonds. The van der Waals surface area contributed by atoms with Gasteiger partial charge in [0.15, 0.2) is 9.84 Å². The summed E-state index contributed by atoms with van der Waals surface area (Å²) in [6.07, 6.45) is -0.610. The van der Waals surface area contributed by atoms with Crippen LogP contribution < -0.4 is 16.4 Å². The van der Waals surface area contributed by atoms with Crippen molar-refractivity contribution in [2.24, 2.45) is 5.92 Å². The van der Waals surface area contributed by atoms with Crippen LogP contribution in [-0.4, -0.2) is 43.7 Å². The number of sulfone groups is 1. The summed E-state index contributed by atoms with van der Waals surface area (Å²) in [5.74, 6) is -1.30. The van der Waals surface area contributed by atoms with Gasteiger partial charge in [-0.25, -0.2) is 12.8 Å². The highest BCUT2D eigenvalue weighted by molar-refractivity contribution is 7.91. The summed E-state index contributed by atoms with van der Waals surface area (Å²) in [6, 6.07) is 10.7. The molecule has 1 fully saturated rings. The van der Waals surface area contributed by atoms with Crippen molar-refractivity contribution in [1.29, 1.82) is 0 Å². The Balaban J connectivity index is 0.00000432. The highest BCUT2D eigenvalue weighted by Gasteiger charge is 2.39. The van der Waals surface area contributed by atoms with E-state index < -0.39 is 33.7 Å². The van der Waals surface area contributed by atoms with Crippen LogP contribution in [0.2, 0.25) is 0 Å². The number of anilines is 1. The van der Waals surface area contributed by atoms with Gasteiger partial charge in [-0.2, -0.15) is 0 Å². The summed E-state index contributed by atoms with van der Waals surface area (Å²) >= 11 is 0. The highest BCUT2D eigenvalue weighted by atomic mass is 35.5. The Morgan fingerprint density at radius 1 is 1.11 bits per heavy atom. The van der Waals surface area contributed by atoms with Crippen LogP contribution in [0.1, 0.15) is 49.9 Å². The van der Waals surface area contributed by atoms with Crippen molar-refractivity contribution in [2.75, 3.05) is 23.8 Å². The fraction of sp³-hybridized carbons (Fsp3) is 0.538. The molecule has 0 unspecified atom stereocenters. The molecule has 2 aromatic rings. The van der Waals surface area contributed by atoms with Crippen molar-refractivity contribution in [3.63, 3.8) is 0 Å².